The number of Topliss-reactive ketones (excluding diaryl/α,β-unsaturated/α-hetero) is 1. The largest absolute Gasteiger partial charge is 0.456 e. The van der Waals surface area contributed by atoms with Crippen molar-refractivity contribution in [1.82, 2.24) is 0 Å². The number of hydrogen-bond acceptors (Lipinski definition) is 6. The molecule has 0 aliphatic rings. The van der Waals surface area contributed by atoms with Gasteiger partial charge in [-0.05, 0) is 36.4 Å². The molecule has 0 spiro atoms. The number of rotatable bonds is 7. The zero-order chi connectivity index (χ0) is 20.9. The van der Waals surface area contributed by atoms with Crippen molar-refractivity contribution in [2.24, 2.45) is 0 Å². The number of carbonyl (C=O) groups is 2. The van der Waals surface area contributed by atoms with E-state index in [-0.39, 0.29) is 11.3 Å². The molecule has 0 aliphatic carbocycles. The van der Waals surface area contributed by atoms with Crippen molar-refractivity contribution >= 4 is 23.1 Å². The molecule has 148 valence electrons. The normalized spacial score (nSPS) is 11.0. The van der Waals surface area contributed by atoms with Gasteiger partial charge in [0.15, 0.2) is 12.4 Å². The third-order valence-electron chi connectivity index (χ3n) is 3.48. The lowest BCUT2D eigenvalue weighted by molar-refractivity contribution is -0.384. The second-order valence-electron chi connectivity index (χ2n) is 5.43. The Hall–Kier alpha value is -3.50. The van der Waals surface area contributed by atoms with Gasteiger partial charge in [-0.25, -0.2) is 4.39 Å². The second-order valence-corrected chi connectivity index (χ2v) is 5.43. The Morgan fingerprint density at radius 2 is 1.75 bits per heavy atom. The highest BCUT2D eigenvalue weighted by atomic mass is 19.4. The topological polar surface area (TPSA) is 98.5 Å². The summed E-state index contributed by atoms with van der Waals surface area (Å²) in [7, 11) is 0. The first kappa shape index (κ1) is 20.8. The van der Waals surface area contributed by atoms with Crippen LogP contribution in [0.25, 0.3) is 0 Å². The Morgan fingerprint density at radius 1 is 1.11 bits per heavy atom. The zero-order valence-corrected chi connectivity index (χ0v) is 14.0. The van der Waals surface area contributed by atoms with Gasteiger partial charge in [0.25, 0.3) is 5.69 Å². The lowest BCUT2D eigenvalue weighted by Gasteiger charge is -2.10. The summed E-state index contributed by atoms with van der Waals surface area (Å²) in [5, 5.41) is 13.3. The van der Waals surface area contributed by atoms with E-state index in [1.165, 1.54) is 12.1 Å². The standard InChI is InChI=1S/C17H12F4N2O5/c18-12-4-1-10(2-5-12)15(24)9-28-16(25)8-22-13-6-3-11(17(19,20)21)7-14(13)23(26)27/h1-7,22H,8-9H2. The number of anilines is 1. The van der Waals surface area contributed by atoms with Crippen molar-refractivity contribution in [1.29, 1.82) is 0 Å². The molecule has 0 atom stereocenters. The van der Waals surface area contributed by atoms with Crippen LogP contribution in [-0.2, 0) is 15.7 Å². The zero-order valence-electron chi connectivity index (χ0n) is 14.0. The summed E-state index contributed by atoms with van der Waals surface area (Å²) in [5.74, 6) is -2.12. The lowest BCUT2D eigenvalue weighted by Crippen LogP contribution is -2.21. The predicted molar refractivity (Wildman–Crippen MR) is 88.3 cm³/mol. The molecule has 0 fully saturated rings. The van der Waals surface area contributed by atoms with Crippen molar-refractivity contribution < 1.29 is 36.8 Å². The molecule has 7 nitrogen and oxygen atoms in total. The number of hydrogen-bond donors (Lipinski definition) is 1. The third-order valence-corrected chi connectivity index (χ3v) is 3.48. The Kier molecular flexibility index (Phi) is 6.29. The van der Waals surface area contributed by atoms with E-state index in [1.807, 2.05) is 0 Å². The first-order valence-electron chi connectivity index (χ1n) is 7.62. The molecule has 2 aromatic carbocycles. The quantitative estimate of drug-likeness (QED) is 0.251. The van der Waals surface area contributed by atoms with E-state index in [4.69, 9.17) is 4.74 Å². The van der Waals surface area contributed by atoms with Crippen LogP contribution in [0.15, 0.2) is 42.5 Å². The predicted octanol–water partition coefficient (Wildman–Crippen LogP) is 3.59. The maximum Gasteiger partial charge on any atom is 0.416 e. The SMILES string of the molecule is O=C(CNc1ccc(C(F)(F)F)cc1[N+](=O)[O-])OCC(=O)c1ccc(F)cc1. The number of nitrogens with one attached hydrogen (secondary N) is 1. The van der Waals surface area contributed by atoms with Gasteiger partial charge in [-0.1, -0.05) is 0 Å². The fourth-order valence-electron chi connectivity index (χ4n) is 2.09. The maximum absolute atomic E-state index is 12.8. The summed E-state index contributed by atoms with van der Waals surface area (Å²) >= 11 is 0. The van der Waals surface area contributed by atoms with Gasteiger partial charge < -0.3 is 10.1 Å². The Bertz CT molecular complexity index is 897. The van der Waals surface area contributed by atoms with E-state index in [9.17, 15) is 37.3 Å². The van der Waals surface area contributed by atoms with Gasteiger partial charge in [0, 0.05) is 11.6 Å². The van der Waals surface area contributed by atoms with Crippen LogP contribution in [0.5, 0.6) is 0 Å². The number of alkyl halides is 3. The van der Waals surface area contributed by atoms with Crippen molar-refractivity contribution in [2.45, 2.75) is 6.18 Å². The van der Waals surface area contributed by atoms with Crippen LogP contribution in [0.1, 0.15) is 15.9 Å². The molecule has 11 heteroatoms. The van der Waals surface area contributed by atoms with Crippen LogP contribution in [-0.4, -0.2) is 29.8 Å². The van der Waals surface area contributed by atoms with Gasteiger partial charge in [-0.2, -0.15) is 13.2 Å². The average Bonchev–Trinajstić information content (AvgIpc) is 2.64. The van der Waals surface area contributed by atoms with Crippen LogP contribution >= 0.6 is 0 Å². The molecule has 0 heterocycles. The van der Waals surface area contributed by atoms with Gasteiger partial charge >= 0.3 is 12.1 Å². The average molecular weight is 400 g/mol. The van der Waals surface area contributed by atoms with E-state index in [1.54, 1.807) is 0 Å². The number of esters is 1. The summed E-state index contributed by atoms with van der Waals surface area (Å²) in [6.07, 6.45) is -4.76. The van der Waals surface area contributed by atoms with E-state index in [0.29, 0.717) is 12.1 Å². The molecule has 0 saturated heterocycles. The van der Waals surface area contributed by atoms with Crippen LogP contribution < -0.4 is 5.32 Å². The fraction of sp³-hybridized carbons (Fsp3) is 0.176. The van der Waals surface area contributed by atoms with E-state index < -0.39 is 53.1 Å². The molecule has 0 unspecified atom stereocenters. The minimum absolute atomic E-state index is 0.112. The molecule has 0 radical (unpaired) electrons. The number of nitro benzene ring substituents is 1. The summed E-state index contributed by atoms with van der Waals surface area (Å²) in [6, 6.07) is 6.30. The third kappa shape index (κ3) is 5.50. The monoisotopic (exact) mass is 400 g/mol. The molecule has 1 N–H and O–H groups in total. The molecule has 0 aliphatic heterocycles. The highest BCUT2D eigenvalue weighted by Gasteiger charge is 2.33. The molecule has 0 amide bonds. The minimum Gasteiger partial charge on any atom is -0.456 e. The van der Waals surface area contributed by atoms with Gasteiger partial charge in [-0.3, -0.25) is 19.7 Å². The summed E-state index contributed by atoms with van der Waals surface area (Å²) in [4.78, 5) is 33.4. The molecule has 0 aromatic heterocycles. The highest BCUT2D eigenvalue weighted by molar-refractivity contribution is 5.98. The van der Waals surface area contributed by atoms with E-state index in [0.717, 1.165) is 18.2 Å². The van der Waals surface area contributed by atoms with Crippen LogP contribution in [0, 0.1) is 15.9 Å². The molecule has 0 bridgehead atoms. The smallest absolute Gasteiger partial charge is 0.416 e. The lowest BCUT2D eigenvalue weighted by atomic mass is 10.1. The number of nitrogens with zero attached hydrogens (tertiary/aromatic N) is 1. The molecule has 2 rings (SSSR count). The van der Waals surface area contributed by atoms with Crippen LogP contribution in [0.3, 0.4) is 0 Å². The van der Waals surface area contributed by atoms with Crippen molar-refractivity contribution in [3.63, 3.8) is 0 Å². The number of nitro groups is 1. The van der Waals surface area contributed by atoms with Crippen LogP contribution in [0.2, 0.25) is 0 Å². The molecule has 0 saturated carbocycles. The van der Waals surface area contributed by atoms with Crippen molar-refractivity contribution in [3.8, 4) is 0 Å². The number of benzene rings is 2. The van der Waals surface area contributed by atoms with Gasteiger partial charge in [-0.15, -0.1) is 0 Å². The Morgan fingerprint density at radius 3 is 2.32 bits per heavy atom. The van der Waals surface area contributed by atoms with E-state index >= 15 is 0 Å². The highest BCUT2D eigenvalue weighted by Crippen LogP contribution is 2.34. The first-order chi connectivity index (χ1) is 13.1. The van der Waals surface area contributed by atoms with Crippen molar-refractivity contribution in [3.05, 3.63) is 69.5 Å². The fourth-order valence-corrected chi connectivity index (χ4v) is 2.09. The number of halogens is 4. The van der Waals surface area contributed by atoms with Crippen molar-refractivity contribution in [2.75, 3.05) is 18.5 Å². The van der Waals surface area contributed by atoms with E-state index in [2.05, 4.69) is 5.32 Å². The second kappa shape index (κ2) is 8.46. The van der Waals surface area contributed by atoms with Gasteiger partial charge in [0.05, 0.1) is 10.5 Å². The van der Waals surface area contributed by atoms with Gasteiger partial charge in [0.2, 0.25) is 0 Å². The molecular formula is C17H12F4N2O5. The summed E-state index contributed by atoms with van der Waals surface area (Å²) < 4.78 is 55.4. The number of ketones is 1. The number of carbonyl (C=O) groups excluding carboxylic acids is 2. The van der Waals surface area contributed by atoms with Gasteiger partial charge in [0.1, 0.15) is 18.0 Å². The Balaban J connectivity index is 1.96. The number of ether oxygens (including phenoxy) is 1. The molecular weight excluding hydrogens is 388 g/mol. The molecule has 2 aromatic rings. The molecule has 28 heavy (non-hydrogen) atoms. The minimum atomic E-state index is -4.76. The maximum atomic E-state index is 12.8. The van der Waals surface area contributed by atoms with Crippen LogP contribution in [0.4, 0.5) is 28.9 Å². The Labute approximate surface area is 155 Å². The first-order valence-corrected chi connectivity index (χ1v) is 7.62. The summed E-state index contributed by atoms with van der Waals surface area (Å²) in [5.41, 5.74) is -2.29. The summed E-state index contributed by atoms with van der Waals surface area (Å²) in [6.45, 7) is -1.27.